The Morgan fingerprint density at radius 1 is 1.05 bits per heavy atom. The molecule has 1 heterocycles. The fourth-order valence-electron chi connectivity index (χ4n) is 3.89. The topological polar surface area (TPSA) is 115 Å². The van der Waals surface area contributed by atoms with E-state index >= 15 is 0 Å². The fourth-order valence-corrected chi connectivity index (χ4v) is 3.89. The molecule has 3 N–H and O–H groups in total. The molecule has 0 bridgehead atoms. The Morgan fingerprint density at radius 3 is 2.26 bits per heavy atom. The van der Waals surface area contributed by atoms with Crippen LogP contribution in [0, 0.1) is 11.8 Å². The SMILES string of the molecule is CCC.CCCCN(Cc1cncc(-c2ccc(OC)cc2)c1)C(=O)CNC(=O)C(CC(N)=O)CC(C)C. The highest BCUT2D eigenvalue weighted by Gasteiger charge is 2.23. The van der Waals surface area contributed by atoms with Crippen molar-refractivity contribution >= 4 is 17.7 Å². The van der Waals surface area contributed by atoms with E-state index in [-0.39, 0.29) is 30.7 Å². The van der Waals surface area contributed by atoms with Crippen LogP contribution in [0.1, 0.15) is 72.3 Å². The van der Waals surface area contributed by atoms with Crippen LogP contribution in [-0.2, 0) is 20.9 Å². The van der Waals surface area contributed by atoms with Gasteiger partial charge in [0.25, 0.3) is 0 Å². The summed E-state index contributed by atoms with van der Waals surface area (Å²) in [7, 11) is 1.63. The quantitative estimate of drug-likeness (QED) is 0.361. The molecule has 210 valence electrons. The van der Waals surface area contributed by atoms with Crippen molar-refractivity contribution in [2.24, 2.45) is 17.6 Å². The van der Waals surface area contributed by atoms with Crippen LogP contribution in [0.2, 0.25) is 0 Å². The number of ether oxygens (including phenoxy) is 1. The molecule has 1 atom stereocenters. The van der Waals surface area contributed by atoms with E-state index in [1.54, 1.807) is 24.4 Å². The average Bonchev–Trinajstić information content (AvgIpc) is 2.89. The molecule has 1 unspecified atom stereocenters. The lowest BCUT2D eigenvalue weighted by atomic mass is 9.93. The van der Waals surface area contributed by atoms with Crippen LogP contribution in [0.15, 0.2) is 42.7 Å². The molecule has 8 nitrogen and oxygen atoms in total. The van der Waals surface area contributed by atoms with Gasteiger partial charge < -0.3 is 20.7 Å². The van der Waals surface area contributed by atoms with Gasteiger partial charge in [0.1, 0.15) is 5.75 Å². The molecule has 0 aliphatic carbocycles. The van der Waals surface area contributed by atoms with Crippen LogP contribution in [0.25, 0.3) is 11.1 Å². The number of carbonyl (C=O) groups is 3. The van der Waals surface area contributed by atoms with E-state index in [9.17, 15) is 14.4 Å². The van der Waals surface area contributed by atoms with Gasteiger partial charge in [-0.1, -0.05) is 59.6 Å². The van der Waals surface area contributed by atoms with Gasteiger partial charge in [0.05, 0.1) is 13.7 Å². The minimum atomic E-state index is -0.533. The van der Waals surface area contributed by atoms with E-state index < -0.39 is 11.8 Å². The summed E-state index contributed by atoms with van der Waals surface area (Å²) in [4.78, 5) is 43.2. The third-order valence-electron chi connectivity index (χ3n) is 5.71. The molecule has 0 spiro atoms. The number of nitrogens with two attached hydrogens (primary N) is 1. The maximum Gasteiger partial charge on any atom is 0.242 e. The van der Waals surface area contributed by atoms with E-state index in [0.29, 0.717) is 19.5 Å². The molecule has 0 aliphatic heterocycles. The number of nitrogens with zero attached hydrogens (tertiary/aromatic N) is 2. The molecule has 38 heavy (non-hydrogen) atoms. The lowest BCUT2D eigenvalue weighted by Gasteiger charge is -2.24. The molecule has 2 rings (SSSR count). The van der Waals surface area contributed by atoms with E-state index in [0.717, 1.165) is 35.3 Å². The number of benzene rings is 1. The van der Waals surface area contributed by atoms with Crippen LogP contribution in [-0.4, -0.2) is 47.8 Å². The van der Waals surface area contributed by atoms with Gasteiger partial charge in [0.15, 0.2) is 0 Å². The van der Waals surface area contributed by atoms with Crippen molar-refractivity contribution in [3.63, 3.8) is 0 Å². The van der Waals surface area contributed by atoms with Crippen LogP contribution < -0.4 is 15.8 Å². The number of nitrogens with one attached hydrogen (secondary N) is 1. The Labute approximate surface area is 228 Å². The Kier molecular flexibility index (Phi) is 15.4. The molecule has 1 aromatic carbocycles. The molecule has 0 radical (unpaired) electrons. The monoisotopic (exact) mass is 526 g/mol. The number of pyridine rings is 1. The number of primary amides is 1. The largest absolute Gasteiger partial charge is 0.497 e. The van der Waals surface area contributed by atoms with Crippen LogP contribution in [0.4, 0.5) is 0 Å². The fraction of sp³-hybridized carbons (Fsp3) is 0.533. The molecule has 0 saturated heterocycles. The molecule has 0 fully saturated rings. The zero-order chi connectivity index (χ0) is 28.5. The summed E-state index contributed by atoms with van der Waals surface area (Å²) in [6.45, 7) is 11.1. The summed E-state index contributed by atoms with van der Waals surface area (Å²) in [5.74, 6) is -0.538. The van der Waals surface area contributed by atoms with Crippen LogP contribution in [0.3, 0.4) is 0 Å². The Bertz CT molecular complexity index is 992. The van der Waals surface area contributed by atoms with E-state index in [1.807, 2.05) is 44.2 Å². The van der Waals surface area contributed by atoms with Crippen molar-refractivity contribution < 1.29 is 19.1 Å². The Morgan fingerprint density at radius 2 is 1.71 bits per heavy atom. The van der Waals surface area contributed by atoms with Crippen molar-refractivity contribution in [2.75, 3.05) is 20.2 Å². The number of hydrogen-bond donors (Lipinski definition) is 2. The molecular weight excluding hydrogens is 480 g/mol. The molecule has 3 amide bonds. The number of unbranched alkanes of at least 4 members (excludes halogenated alkanes) is 1. The van der Waals surface area contributed by atoms with E-state index in [1.165, 1.54) is 6.42 Å². The number of hydrogen-bond acceptors (Lipinski definition) is 5. The van der Waals surface area contributed by atoms with Gasteiger partial charge in [0, 0.05) is 43.4 Å². The van der Waals surface area contributed by atoms with Gasteiger partial charge in [0.2, 0.25) is 17.7 Å². The molecule has 1 aromatic heterocycles. The smallest absolute Gasteiger partial charge is 0.242 e. The van der Waals surface area contributed by atoms with E-state index in [4.69, 9.17) is 10.5 Å². The number of carbonyl (C=O) groups excluding carboxylic acids is 3. The summed E-state index contributed by atoms with van der Waals surface area (Å²) >= 11 is 0. The highest BCUT2D eigenvalue weighted by atomic mass is 16.5. The maximum atomic E-state index is 13.0. The summed E-state index contributed by atoms with van der Waals surface area (Å²) < 4.78 is 5.22. The van der Waals surface area contributed by atoms with Crippen molar-refractivity contribution in [2.45, 2.75) is 73.3 Å². The van der Waals surface area contributed by atoms with Crippen molar-refractivity contribution in [1.82, 2.24) is 15.2 Å². The third kappa shape index (κ3) is 12.2. The highest BCUT2D eigenvalue weighted by Crippen LogP contribution is 2.23. The molecule has 2 aromatic rings. The summed E-state index contributed by atoms with van der Waals surface area (Å²) in [6, 6.07) is 9.74. The third-order valence-corrected chi connectivity index (χ3v) is 5.71. The summed E-state index contributed by atoms with van der Waals surface area (Å²) in [6.07, 6.45) is 7.09. The van der Waals surface area contributed by atoms with E-state index in [2.05, 4.69) is 31.1 Å². The van der Waals surface area contributed by atoms with Crippen molar-refractivity contribution in [3.8, 4) is 16.9 Å². The normalized spacial score (nSPS) is 11.2. The first kappa shape index (κ1) is 32.6. The van der Waals surface area contributed by atoms with Crippen LogP contribution in [0.5, 0.6) is 5.75 Å². The average molecular weight is 527 g/mol. The number of methoxy groups -OCH3 is 1. The lowest BCUT2D eigenvalue weighted by Crippen LogP contribution is -2.43. The minimum absolute atomic E-state index is 0.0262. The predicted molar refractivity (Wildman–Crippen MR) is 152 cm³/mol. The second-order valence-corrected chi connectivity index (χ2v) is 9.90. The van der Waals surface area contributed by atoms with Gasteiger partial charge >= 0.3 is 0 Å². The van der Waals surface area contributed by atoms with Gasteiger partial charge in [-0.2, -0.15) is 0 Å². The van der Waals surface area contributed by atoms with Gasteiger partial charge in [-0.3, -0.25) is 19.4 Å². The van der Waals surface area contributed by atoms with Crippen molar-refractivity contribution in [3.05, 3.63) is 48.3 Å². The number of rotatable bonds is 14. The molecule has 8 heteroatoms. The Balaban J connectivity index is 0.00000229. The molecular formula is C30H46N4O4. The van der Waals surface area contributed by atoms with Gasteiger partial charge in [-0.15, -0.1) is 0 Å². The first-order valence-electron chi connectivity index (χ1n) is 13.6. The standard InChI is InChI=1S/C27H38N4O4.C3H8/c1-5-6-11-31(26(33)17-30-27(34)22(12-19(2)3)14-25(28)32)18-20-13-23(16-29-15-20)21-7-9-24(35-4)10-8-21;1-3-2/h7-10,13,15-16,19,22H,5-6,11-12,14,17-18H2,1-4H3,(H2,28,32)(H,30,34);3H2,1-2H3. The van der Waals surface area contributed by atoms with Gasteiger partial charge in [-0.05, 0) is 48.1 Å². The first-order valence-corrected chi connectivity index (χ1v) is 13.6. The first-order chi connectivity index (χ1) is 18.1. The van der Waals surface area contributed by atoms with Crippen LogP contribution >= 0.6 is 0 Å². The minimum Gasteiger partial charge on any atom is -0.497 e. The number of amides is 3. The highest BCUT2D eigenvalue weighted by molar-refractivity contribution is 5.88. The zero-order valence-electron chi connectivity index (χ0n) is 24.0. The summed E-state index contributed by atoms with van der Waals surface area (Å²) in [5.41, 5.74) is 8.17. The zero-order valence-corrected chi connectivity index (χ0v) is 24.0. The maximum absolute atomic E-state index is 13.0. The number of aromatic nitrogens is 1. The molecule has 0 saturated carbocycles. The lowest BCUT2D eigenvalue weighted by molar-refractivity contribution is -0.135. The molecule has 0 aliphatic rings. The van der Waals surface area contributed by atoms with Crippen molar-refractivity contribution in [1.29, 1.82) is 0 Å². The van der Waals surface area contributed by atoms with Gasteiger partial charge in [-0.25, -0.2) is 0 Å². The second kappa shape index (κ2) is 17.9. The summed E-state index contributed by atoms with van der Waals surface area (Å²) in [5, 5.41) is 2.72. The second-order valence-electron chi connectivity index (χ2n) is 9.90. The predicted octanol–water partition coefficient (Wildman–Crippen LogP) is 4.96. The Hall–Kier alpha value is -3.42.